The second kappa shape index (κ2) is 6.97. The lowest BCUT2D eigenvalue weighted by molar-refractivity contribution is 0.0155. The molecule has 0 amide bonds. The van der Waals surface area contributed by atoms with Crippen LogP contribution >= 0.6 is 23.2 Å². The van der Waals surface area contributed by atoms with Crippen molar-refractivity contribution in [2.24, 2.45) is 11.3 Å². The van der Waals surface area contributed by atoms with Gasteiger partial charge in [0.05, 0.1) is 0 Å². The minimum atomic E-state index is -0.869. The molecule has 1 atom stereocenters. The van der Waals surface area contributed by atoms with Crippen molar-refractivity contribution < 1.29 is 19.1 Å². The Morgan fingerprint density at radius 2 is 1.56 bits per heavy atom. The minimum absolute atomic E-state index is 0.0918. The van der Waals surface area contributed by atoms with Crippen molar-refractivity contribution in [1.29, 1.82) is 0 Å². The van der Waals surface area contributed by atoms with Crippen LogP contribution in [0.1, 0.15) is 27.2 Å². The van der Waals surface area contributed by atoms with Crippen LogP contribution < -0.4 is 0 Å². The number of carbonyl (C=O) groups is 2. The third kappa shape index (κ3) is 5.56. The van der Waals surface area contributed by atoms with Crippen LogP contribution in [-0.2, 0) is 9.47 Å². The molecule has 0 spiro atoms. The Kier molecular flexibility index (Phi) is 6.76. The molecular formula is C10H16Cl2O4. The molecule has 94 valence electrons. The molecule has 1 unspecified atom stereocenters. The van der Waals surface area contributed by atoms with Crippen molar-refractivity contribution in [1.82, 2.24) is 0 Å². The summed E-state index contributed by atoms with van der Waals surface area (Å²) in [6.45, 7) is 6.00. The monoisotopic (exact) mass is 270 g/mol. The number of hydrogen-bond acceptors (Lipinski definition) is 4. The first-order valence-electron chi connectivity index (χ1n) is 4.96. The summed E-state index contributed by atoms with van der Waals surface area (Å²) in [5.41, 5.74) is -2.22. The van der Waals surface area contributed by atoms with Gasteiger partial charge in [-0.25, -0.2) is 9.59 Å². The molecule has 0 aliphatic heterocycles. The Labute approximate surface area is 105 Å². The number of halogens is 2. The van der Waals surface area contributed by atoms with Crippen LogP contribution in [-0.4, -0.2) is 24.1 Å². The number of hydrogen-bond donors (Lipinski definition) is 0. The molecule has 0 aliphatic carbocycles. The third-order valence-electron chi connectivity index (χ3n) is 2.83. The van der Waals surface area contributed by atoms with Crippen LogP contribution in [0.3, 0.4) is 0 Å². The molecule has 6 heteroatoms. The maximum absolute atomic E-state index is 10.5. The van der Waals surface area contributed by atoms with Gasteiger partial charge in [-0.05, 0) is 5.92 Å². The molecule has 4 nitrogen and oxygen atoms in total. The highest BCUT2D eigenvalue weighted by Crippen LogP contribution is 2.31. The van der Waals surface area contributed by atoms with Crippen LogP contribution in [0.25, 0.3) is 0 Å². The van der Waals surface area contributed by atoms with Gasteiger partial charge in [0.15, 0.2) is 0 Å². The van der Waals surface area contributed by atoms with Crippen molar-refractivity contribution >= 4 is 34.1 Å². The van der Waals surface area contributed by atoms with Crippen molar-refractivity contribution in [3.8, 4) is 0 Å². The molecule has 0 rings (SSSR count). The fourth-order valence-electron chi connectivity index (χ4n) is 1.26. The fraction of sp³-hybridized carbons (Fsp3) is 0.800. The van der Waals surface area contributed by atoms with Gasteiger partial charge in [-0.15, -0.1) is 0 Å². The zero-order chi connectivity index (χ0) is 12.8. The van der Waals surface area contributed by atoms with Gasteiger partial charge in [-0.2, -0.15) is 0 Å². The molecule has 0 bridgehead atoms. The zero-order valence-corrected chi connectivity index (χ0v) is 11.1. The standard InChI is InChI=1S/C10H16Cl2O4/c1-4-7(2)10(3,5-15-8(11)13)6-16-9(12)14/h7H,4-6H2,1-3H3. The van der Waals surface area contributed by atoms with E-state index < -0.39 is 16.3 Å². The Balaban J connectivity index is 4.47. The second-order valence-electron chi connectivity index (χ2n) is 4.02. The smallest absolute Gasteiger partial charge is 0.403 e. The quantitative estimate of drug-likeness (QED) is 0.689. The Morgan fingerprint density at radius 1 is 1.19 bits per heavy atom. The van der Waals surface area contributed by atoms with E-state index in [1.54, 1.807) is 0 Å². The summed E-state index contributed by atoms with van der Waals surface area (Å²) in [6.07, 6.45) is 0.857. The molecule has 0 aromatic carbocycles. The predicted molar refractivity (Wildman–Crippen MR) is 62.0 cm³/mol. The molecule has 0 N–H and O–H groups in total. The Bertz CT molecular complexity index is 237. The largest absolute Gasteiger partial charge is 0.453 e. The lowest BCUT2D eigenvalue weighted by atomic mass is 9.78. The summed E-state index contributed by atoms with van der Waals surface area (Å²) < 4.78 is 9.51. The van der Waals surface area contributed by atoms with E-state index >= 15 is 0 Å². The van der Waals surface area contributed by atoms with Crippen molar-refractivity contribution in [2.75, 3.05) is 13.2 Å². The maximum atomic E-state index is 10.5. The van der Waals surface area contributed by atoms with Crippen LogP contribution in [0.4, 0.5) is 9.59 Å². The van der Waals surface area contributed by atoms with Gasteiger partial charge in [0.25, 0.3) is 0 Å². The van der Waals surface area contributed by atoms with Gasteiger partial charge in [0.1, 0.15) is 13.2 Å². The molecule has 0 radical (unpaired) electrons. The molecule has 16 heavy (non-hydrogen) atoms. The van der Waals surface area contributed by atoms with Crippen LogP contribution in [0.15, 0.2) is 0 Å². The van der Waals surface area contributed by atoms with Crippen LogP contribution in [0, 0.1) is 11.3 Å². The van der Waals surface area contributed by atoms with E-state index in [0.29, 0.717) is 0 Å². The van der Waals surface area contributed by atoms with E-state index in [2.05, 4.69) is 0 Å². The van der Waals surface area contributed by atoms with Crippen molar-refractivity contribution in [3.63, 3.8) is 0 Å². The van der Waals surface area contributed by atoms with Crippen LogP contribution in [0.5, 0.6) is 0 Å². The van der Waals surface area contributed by atoms with Gasteiger partial charge < -0.3 is 9.47 Å². The van der Waals surface area contributed by atoms with Crippen LogP contribution in [0.2, 0.25) is 0 Å². The molecule has 0 aromatic heterocycles. The summed E-state index contributed by atoms with van der Waals surface area (Å²) in [5.74, 6) is 0.194. The lowest BCUT2D eigenvalue weighted by Gasteiger charge is -2.33. The highest BCUT2D eigenvalue weighted by molar-refractivity contribution is 6.61. The molecule has 0 saturated carbocycles. The highest BCUT2D eigenvalue weighted by Gasteiger charge is 2.33. The number of ether oxygens (including phenoxy) is 2. The lowest BCUT2D eigenvalue weighted by Crippen LogP contribution is -2.36. The van der Waals surface area contributed by atoms with E-state index in [4.69, 9.17) is 32.7 Å². The van der Waals surface area contributed by atoms with Crippen molar-refractivity contribution in [2.45, 2.75) is 27.2 Å². The first kappa shape index (κ1) is 15.5. The van der Waals surface area contributed by atoms with E-state index in [0.717, 1.165) is 6.42 Å². The second-order valence-corrected chi connectivity index (χ2v) is 4.63. The predicted octanol–water partition coefficient (Wildman–Crippen LogP) is 3.79. The average molecular weight is 271 g/mol. The zero-order valence-electron chi connectivity index (χ0n) is 9.59. The summed E-state index contributed by atoms with van der Waals surface area (Å²) in [7, 11) is 0. The summed E-state index contributed by atoms with van der Waals surface area (Å²) >= 11 is 10.2. The minimum Gasteiger partial charge on any atom is -0.453 e. The molecule has 0 heterocycles. The highest BCUT2D eigenvalue weighted by atomic mass is 35.5. The number of rotatable bonds is 6. The summed E-state index contributed by atoms with van der Waals surface area (Å²) in [4.78, 5) is 21.1. The summed E-state index contributed by atoms with van der Waals surface area (Å²) in [5, 5.41) is 0. The third-order valence-corrected chi connectivity index (χ3v) is 3.05. The van der Waals surface area contributed by atoms with Gasteiger partial charge >= 0.3 is 10.9 Å². The first-order valence-corrected chi connectivity index (χ1v) is 5.72. The Hall–Kier alpha value is -0.480. The van der Waals surface area contributed by atoms with Gasteiger partial charge in [0.2, 0.25) is 0 Å². The molecular weight excluding hydrogens is 255 g/mol. The summed E-state index contributed by atoms with van der Waals surface area (Å²) in [6, 6.07) is 0. The SMILES string of the molecule is CCC(C)C(C)(COC(=O)Cl)COC(=O)Cl. The molecule has 0 fully saturated rings. The average Bonchev–Trinajstić information content (AvgIpc) is 2.22. The van der Waals surface area contributed by atoms with E-state index in [1.165, 1.54) is 0 Å². The van der Waals surface area contributed by atoms with Gasteiger partial charge in [-0.3, -0.25) is 0 Å². The molecule has 0 saturated heterocycles. The topological polar surface area (TPSA) is 52.6 Å². The maximum Gasteiger partial charge on any atom is 0.403 e. The molecule has 0 aromatic rings. The van der Waals surface area contributed by atoms with Gasteiger partial charge in [-0.1, -0.05) is 27.2 Å². The Morgan fingerprint density at radius 3 is 1.81 bits per heavy atom. The van der Waals surface area contributed by atoms with Gasteiger partial charge in [0, 0.05) is 28.6 Å². The van der Waals surface area contributed by atoms with E-state index in [-0.39, 0.29) is 19.1 Å². The van der Waals surface area contributed by atoms with E-state index in [1.807, 2.05) is 20.8 Å². The first-order chi connectivity index (χ1) is 7.31. The number of carbonyl (C=O) groups excluding carboxylic acids is 2. The van der Waals surface area contributed by atoms with Crippen molar-refractivity contribution in [3.05, 3.63) is 0 Å². The van der Waals surface area contributed by atoms with E-state index in [9.17, 15) is 9.59 Å². The molecule has 0 aliphatic rings. The fourth-order valence-corrected chi connectivity index (χ4v) is 1.37. The normalized spacial score (nSPS) is 13.1.